The molecule has 0 aromatic rings. The van der Waals surface area contributed by atoms with Crippen LogP contribution >= 0.6 is 24.8 Å². The summed E-state index contributed by atoms with van der Waals surface area (Å²) in [5.74, 6) is 2.44. The van der Waals surface area contributed by atoms with Crippen molar-refractivity contribution in [1.29, 1.82) is 0 Å². The van der Waals surface area contributed by atoms with Gasteiger partial charge in [0.05, 0.1) is 5.60 Å². The predicted octanol–water partition coefficient (Wildman–Crippen LogP) is 1.67. The van der Waals surface area contributed by atoms with Crippen molar-refractivity contribution in [3.05, 3.63) is 0 Å². The van der Waals surface area contributed by atoms with E-state index in [0.717, 1.165) is 56.1 Å². The van der Waals surface area contributed by atoms with Gasteiger partial charge in [-0.3, -0.25) is 4.90 Å². The summed E-state index contributed by atoms with van der Waals surface area (Å²) in [5.41, 5.74) is -0.263. The van der Waals surface area contributed by atoms with Gasteiger partial charge in [-0.05, 0) is 49.9 Å². The SMILES string of the molecule is Cl.Cl.OC12CC3CC(C1)C(N1CCNCC1)C(C3)C2. The van der Waals surface area contributed by atoms with Crippen molar-refractivity contribution in [3.8, 4) is 0 Å². The lowest BCUT2D eigenvalue weighted by Gasteiger charge is -2.60. The van der Waals surface area contributed by atoms with Crippen LogP contribution in [-0.4, -0.2) is 47.8 Å². The fourth-order valence-corrected chi connectivity index (χ4v) is 5.53. The molecule has 4 aliphatic carbocycles. The summed E-state index contributed by atoms with van der Waals surface area (Å²) in [6.45, 7) is 4.76. The summed E-state index contributed by atoms with van der Waals surface area (Å²) in [6.07, 6.45) is 6.08. The number of piperazine rings is 1. The highest BCUT2D eigenvalue weighted by atomic mass is 35.5. The first-order chi connectivity index (χ1) is 8.23. The summed E-state index contributed by atoms with van der Waals surface area (Å²) in [7, 11) is 0. The van der Waals surface area contributed by atoms with E-state index >= 15 is 0 Å². The molecule has 5 fully saturated rings. The van der Waals surface area contributed by atoms with E-state index in [-0.39, 0.29) is 30.4 Å². The molecule has 0 radical (unpaired) electrons. The highest BCUT2D eigenvalue weighted by molar-refractivity contribution is 5.85. The number of nitrogens with one attached hydrogen (secondary N) is 1. The second-order valence-corrected chi connectivity index (χ2v) is 6.97. The molecule has 2 unspecified atom stereocenters. The van der Waals surface area contributed by atoms with E-state index in [2.05, 4.69) is 10.2 Å². The Kier molecular flexibility index (Phi) is 4.74. The highest BCUT2D eigenvalue weighted by Gasteiger charge is 2.55. The molecule has 2 N–H and O–H groups in total. The standard InChI is InChI=1S/C14H24N2O.2ClH/c17-14-7-10-5-11(8-14)13(12(6-10)9-14)16-3-1-15-2-4-16;;/h10-13,15,17H,1-9H2;2*1H. The van der Waals surface area contributed by atoms with Crippen LogP contribution in [0.1, 0.15) is 32.1 Å². The van der Waals surface area contributed by atoms with Gasteiger partial charge in [0.15, 0.2) is 0 Å². The Labute approximate surface area is 128 Å². The Morgan fingerprint density at radius 2 is 1.53 bits per heavy atom. The minimum Gasteiger partial charge on any atom is -0.390 e. The first-order valence-corrected chi connectivity index (χ1v) is 7.41. The van der Waals surface area contributed by atoms with E-state index in [1.54, 1.807) is 0 Å². The fourth-order valence-electron chi connectivity index (χ4n) is 5.53. The molecule has 0 spiro atoms. The molecule has 0 aromatic heterocycles. The molecule has 1 saturated heterocycles. The average Bonchev–Trinajstić information content (AvgIpc) is 2.27. The number of hydrogen-bond donors (Lipinski definition) is 2. The average molecular weight is 309 g/mol. The fraction of sp³-hybridized carbons (Fsp3) is 1.00. The predicted molar refractivity (Wildman–Crippen MR) is 81.2 cm³/mol. The molecular weight excluding hydrogens is 283 g/mol. The van der Waals surface area contributed by atoms with E-state index in [4.69, 9.17) is 0 Å². The Balaban J connectivity index is 0.000000667. The van der Waals surface area contributed by atoms with Gasteiger partial charge in [-0.25, -0.2) is 0 Å². The molecule has 19 heavy (non-hydrogen) atoms. The van der Waals surface area contributed by atoms with Crippen LogP contribution in [0.2, 0.25) is 0 Å². The van der Waals surface area contributed by atoms with Gasteiger partial charge in [-0.2, -0.15) is 0 Å². The van der Waals surface area contributed by atoms with E-state index in [9.17, 15) is 5.11 Å². The van der Waals surface area contributed by atoms with Crippen molar-refractivity contribution in [2.24, 2.45) is 17.8 Å². The molecular formula is C14H26Cl2N2O. The van der Waals surface area contributed by atoms with Crippen LogP contribution in [0.3, 0.4) is 0 Å². The van der Waals surface area contributed by atoms with Gasteiger partial charge in [0.1, 0.15) is 0 Å². The maximum atomic E-state index is 10.6. The van der Waals surface area contributed by atoms with Gasteiger partial charge in [-0.1, -0.05) is 0 Å². The van der Waals surface area contributed by atoms with E-state index in [1.165, 1.54) is 25.9 Å². The van der Waals surface area contributed by atoms with Crippen molar-refractivity contribution in [2.75, 3.05) is 26.2 Å². The molecule has 4 saturated carbocycles. The molecule has 0 amide bonds. The maximum Gasteiger partial charge on any atom is 0.0657 e. The smallest absolute Gasteiger partial charge is 0.0657 e. The molecule has 3 nitrogen and oxygen atoms in total. The van der Waals surface area contributed by atoms with E-state index in [1.807, 2.05) is 0 Å². The molecule has 1 aliphatic heterocycles. The molecule has 1 heterocycles. The highest BCUT2D eigenvalue weighted by Crippen LogP contribution is 2.56. The topological polar surface area (TPSA) is 35.5 Å². The monoisotopic (exact) mass is 308 g/mol. The first-order valence-electron chi connectivity index (χ1n) is 7.41. The number of aliphatic hydroxyl groups is 1. The van der Waals surface area contributed by atoms with E-state index < -0.39 is 0 Å². The number of rotatable bonds is 1. The second-order valence-electron chi connectivity index (χ2n) is 6.97. The number of nitrogens with zero attached hydrogens (tertiary/aromatic N) is 1. The zero-order valence-corrected chi connectivity index (χ0v) is 13.0. The minimum absolute atomic E-state index is 0. The largest absolute Gasteiger partial charge is 0.390 e. The van der Waals surface area contributed by atoms with E-state index in [0.29, 0.717) is 0 Å². The summed E-state index contributed by atoms with van der Waals surface area (Å²) < 4.78 is 0. The Morgan fingerprint density at radius 3 is 2.05 bits per heavy atom. The van der Waals surface area contributed by atoms with Gasteiger partial charge in [0.2, 0.25) is 0 Å². The minimum atomic E-state index is -0.263. The number of hydrogen-bond acceptors (Lipinski definition) is 3. The van der Waals surface area contributed by atoms with Crippen LogP contribution in [0.4, 0.5) is 0 Å². The molecule has 5 aliphatic rings. The summed E-state index contributed by atoms with van der Waals surface area (Å²) in [5, 5.41) is 14.0. The van der Waals surface area contributed by atoms with Crippen molar-refractivity contribution in [3.63, 3.8) is 0 Å². The maximum absolute atomic E-state index is 10.6. The summed E-state index contributed by atoms with van der Waals surface area (Å²) in [4.78, 5) is 2.73. The molecule has 4 bridgehead atoms. The first kappa shape index (κ1) is 15.8. The Morgan fingerprint density at radius 1 is 0.947 bits per heavy atom. The van der Waals surface area contributed by atoms with Gasteiger partial charge < -0.3 is 10.4 Å². The molecule has 0 aromatic carbocycles. The molecule has 2 atom stereocenters. The summed E-state index contributed by atoms with van der Waals surface area (Å²) >= 11 is 0. The van der Waals surface area contributed by atoms with Crippen LogP contribution in [0, 0.1) is 17.8 Å². The van der Waals surface area contributed by atoms with Crippen LogP contribution in [0.15, 0.2) is 0 Å². The van der Waals surface area contributed by atoms with Crippen LogP contribution in [-0.2, 0) is 0 Å². The normalized spacial score (nSPS) is 48.5. The van der Waals surface area contributed by atoms with Crippen molar-refractivity contribution >= 4 is 24.8 Å². The molecule has 5 rings (SSSR count). The summed E-state index contributed by atoms with van der Waals surface area (Å²) in [6, 6.07) is 0.800. The lowest BCUT2D eigenvalue weighted by Crippen LogP contribution is -2.63. The third kappa shape index (κ3) is 2.65. The number of halogens is 2. The van der Waals surface area contributed by atoms with Crippen LogP contribution < -0.4 is 5.32 Å². The van der Waals surface area contributed by atoms with Gasteiger partial charge in [0, 0.05) is 32.2 Å². The van der Waals surface area contributed by atoms with Gasteiger partial charge in [-0.15, -0.1) is 24.8 Å². The van der Waals surface area contributed by atoms with Gasteiger partial charge in [0.25, 0.3) is 0 Å². The van der Waals surface area contributed by atoms with Crippen LogP contribution in [0.5, 0.6) is 0 Å². The third-order valence-electron chi connectivity index (χ3n) is 5.76. The van der Waals surface area contributed by atoms with Gasteiger partial charge >= 0.3 is 0 Å². The zero-order chi connectivity index (χ0) is 11.5. The zero-order valence-electron chi connectivity index (χ0n) is 11.4. The van der Waals surface area contributed by atoms with Crippen LogP contribution in [0.25, 0.3) is 0 Å². The van der Waals surface area contributed by atoms with Crippen molar-refractivity contribution in [2.45, 2.75) is 43.7 Å². The second kappa shape index (κ2) is 5.69. The lowest BCUT2D eigenvalue weighted by atomic mass is 9.52. The third-order valence-corrected chi connectivity index (χ3v) is 5.76. The quantitative estimate of drug-likeness (QED) is 0.773. The molecule has 5 heteroatoms. The van der Waals surface area contributed by atoms with Crippen molar-refractivity contribution < 1.29 is 5.11 Å². The Bertz CT molecular complexity index is 307. The van der Waals surface area contributed by atoms with Crippen molar-refractivity contribution in [1.82, 2.24) is 10.2 Å². The molecule has 112 valence electrons. The lowest BCUT2D eigenvalue weighted by molar-refractivity contribution is -0.161. The Hall–Kier alpha value is 0.460.